The first-order chi connectivity index (χ1) is 9.11. The summed E-state index contributed by atoms with van der Waals surface area (Å²) in [5, 5.41) is 3.26. The SMILES string of the molecule is COC1(C)CCCN(CCNc2cccc(F)c2)C1. The summed E-state index contributed by atoms with van der Waals surface area (Å²) in [6.45, 7) is 6.02. The van der Waals surface area contributed by atoms with Gasteiger partial charge in [-0.1, -0.05) is 6.07 Å². The molecule has 3 nitrogen and oxygen atoms in total. The standard InChI is InChI=1S/C15H23FN2O/c1-15(19-2)7-4-9-18(12-15)10-8-17-14-6-3-5-13(16)11-14/h3,5-6,11,17H,4,7-10,12H2,1-2H3. The number of nitrogens with zero attached hydrogens (tertiary/aromatic N) is 1. The Morgan fingerprint density at radius 1 is 1.47 bits per heavy atom. The summed E-state index contributed by atoms with van der Waals surface area (Å²) in [7, 11) is 1.79. The summed E-state index contributed by atoms with van der Waals surface area (Å²) >= 11 is 0. The van der Waals surface area contributed by atoms with Crippen LogP contribution in [0.4, 0.5) is 10.1 Å². The highest BCUT2D eigenvalue weighted by Gasteiger charge is 2.30. The number of rotatable bonds is 5. The van der Waals surface area contributed by atoms with Gasteiger partial charge in [-0.15, -0.1) is 0 Å². The number of piperidine rings is 1. The summed E-state index contributed by atoms with van der Waals surface area (Å²) in [4.78, 5) is 2.40. The van der Waals surface area contributed by atoms with E-state index in [2.05, 4.69) is 17.1 Å². The Morgan fingerprint density at radius 3 is 3.05 bits per heavy atom. The molecule has 1 aliphatic heterocycles. The van der Waals surface area contributed by atoms with Crippen LogP contribution in [0.1, 0.15) is 19.8 Å². The van der Waals surface area contributed by atoms with Crippen molar-refractivity contribution in [1.82, 2.24) is 4.90 Å². The third-order valence-electron chi connectivity index (χ3n) is 3.81. The van der Waals surface area contributed by atoms with E-state index in [1.54, 1.807) is 13.2 Å². The van der Waals surface area contributed by atoms with E-state index in [9.17, 15) is 4.39 Å². The minimum absolute atomic E-state index is 0.0168. The number of methoxy groups -OCH3 is 1. The van der Waals surface area contributed by atoms with Crippen LogP contribution in [0.25, 0.3) is 0 Å². The van der Waals surface area contributed by atoms with Crippen LogP contribution in [-0.2, 0) is 4.74 Å². The summed E-state index contributed by atoms with van der Waals surface area (Å²) in [6.07, 6.45) is 2.29. The molecule has 0 amide bonds. The first kappa shape index (κ1) is 14.3. The van der Waals surface area contributed by atoms with E-state index in [1.807, 2.05) is 6.07 Å². The van der Waals surface area contributed by atoms with Gasteiger partial charge < -0.3 is 10.1 Å². The van der Waals surface area contributed by atoms with Gasteiger partial charge in [-0.05, 0) is 44.5 Å². The number of nitrogens with one attached hydrogen (secondary N) is 1. The minimum Gasteiger partial charge on any atom is -0.384 e. The average Bonchev–Trinajstić information content (AvgIpc) is 2.39. The van der Waals surface area contributed by atoms with Crippen molar-refractivity contribution in [2.45, 2.75) is 25.4 Å². The van der Waals surface area contributed by atoms with Crippen molar-refractivity contribution in [3.63, 3.8) is 0 Å². The van der Waals surface area contributed by atoms with Crippen molar-refractivity contribution in [2.75, 3.05) is 38.6 Å². The molecule has 1 saturated heterocycles. The molecule has 2 rings (SSSR count). The minimum atomic E-state index is -0.199. The molecule has 0 spiro atoms. The third-order valence-corrected chi connectivity index (χ3v) is 3.81. The van der Waals surface area contributed by atoms with E-state index in [0.717, 1.165) is 38.3 Å². The van der Waals surface area contributed by atoms with Gasteiger partial charge in [0.25, 0.3) is 0 Å². The molecule has 0 radical (unpaired) electrons. The predicted molar refractivity (Wildman–Crippen MR) is 76.0 cm³/mol. The molecule has 0 aromatic heterocycles. The van der Waals surface area contributed by atoms with Crippen LogP contribution >= 0.6 is 0 Å². The van der Waals surface area contributed by atoms with Crippen LogP contribution in [0.3, 0.4) is 0 Å². The van der Waals surface area contributed by atoms with E-state index in [0.29, 0.717) is 0 Å². The predicted octanol–water partition coefficient (Wildman–Crippen LogP) is 2.74. The summed E-state index contributed by atoms with van der Waals surface area (Å²) in [5.74, 6) is -0.199. The van der Waals surface area contributed by atoms with Crippen molar-refractivity contribution in [2.24, 2.45) is 0 Å². The molecule has 1 heterocycles. The fourth-order valence-corrected chi connectivity index (χ4v) is 2.62. The van der Waals surface area contributed by atoms with Gasteiger partial charge in [0.15, 0.2) is 0 Å². The molecule has 0 bridgehead atoms. The number of anilines is 1. The van der Waals surface area contributed by atoms with Crippen LogP contribution in [-0.4, -0.2) is 43.8 Å². The van der Waals surface area contributed by atoms with Crippen LogP contribution in [0, 0.1) is 5.82 Å². The second kappa shape index (κ2) is 6.35. The summed E-state index contributed by atoms with van der Waals surface area (Å²) in [5.41, 5.74) is 0.823. The van der Waals surface area contributed by atoms with Gasteiger partial charge >= 0.3 is 0 Å². The number of likely N-dealkylation sites (tertiary alicyclic amines) is 1. The quantitative estimate of drug-likeness (QED) is 0.887. The molecule has 0 aliphatic carbocycles. The Bertz CT molecular complexity index is 413. The Labute approximate surface area is 114 Å². The molecule has 1 unspecified atom stereocenters. The van der Waals surface area contributed by atoms with Gasteiger partial charge in [0.05, 0.1) is 5.60 Å². The molecule has 1 N–H and O–H groups in total. The Balaban J connectivity index is 1.76. The maximum Gasteiger partial charge on any atom is 0.125 e. The van der Waals surface area contributed by atoms with Gasteiger partial charge in [0.1, 0.15) is 5.82 Å². The molecular weight excluding hydrogens is 243 g/mol. The van der Waals surface area contributed by atoms with Crippen molar-refractivity contribution in [1.29, 1.82) is 0 Å². The smallest absolute Gasteiger partial charge is 0.125 e. The van der Waals surface area contributed by atoms with Crippen LogP contribution in [0.2, 0.25) is 0 Å². The molecule has 4 heteroatoms. The number of hydrogen-bond acceptors (Lipinski definition) is 3. The van der Waals surface area contributed by atoms with Crippen molar-refractivity contribution < 1.29 is 9.13 Å². The average molecular weight is 266 g/mol. The largest absolute Gasteiger partial charge is 0.384 e. The molecule has 106 valence electrons. The number of hydrogen-bond donors (Lipinski definition) is 1. The van der Waals surface area contributed by atoms with Gasteiger partial charge in [-0.25, -0.2) is 4.39 Å². The van der Waals surface area contributed by atoms with Crippen LogP contribution in [0.15, 0.2) is 24.3 Å². The number of benzene rings is 1. The highest BCUT2D eigenvalue weighted by Crippen LogP contribution is 2.23. The zero-order valence-electron chi connectivity index (χ0n) is 11.8. The van der Waals surface area contributed by atoms with E-state index in [1.165, 1.54) is 18.6 Å². The normalized spacial score (nSPS) is 24.4. The van der Waals surface area contributed by atoms with E-state index in [-0.39, 0.29) is 11.4 Å². The van der Waals surface area contributed by atoms with Gasteiger partial charge in [0.2, 0.25) is 0 Å². The van der Waals surface area contributed by atoms with Crippen molar-refractivity contribution in [3.05, 3.63) is 30.1 Å². The molecule has 0 saturated carbocycles. The lowest BCUT2D eigenvalue weighted by Crippen LogP contribution is -2.48. The maximum absolute atomic E-state index is 13.0. The highest BCUT2D eigenvalue weighted by molar-refractivity contribution is 5.42. The Hall–Kier alpha value is -1.13. The zero-order valence-corrected chi connectivity index (χ0v) is 11.8. The summed E-state index contributed by atoms with van der Waals surface area (Å²) < 4.78 is 18.6. The van der Waals surface area contributed by atoms with Crippen LogP contribution in [0.5, 0.6) is 0 Å². The zero-order chi connectivity index (χ0) is 13.7. The molecule has 1 aromatic carbocycles. The summed E-state index contributed by atoms with van der Waals surface area (Å²) in [6, 6.07) is 6.59. The monoisotopic (exact) mass is 266 g/mol. The number of ether oxygens (including phenoxy) is 1. The second-order valence-electron chi connectivity index (χ2n) is 5.47. The topological polar surface area (TPSA) is 24.5 Å². The molecule has 19 heavy (non-hydrogen) atoms. The second-order valence-corrected chi connectivity index (χ2v) is 5.47. The third kappa shape index (κ3) is 4.18. The molecule has 1 fully saturated rings. The lowest BCUT2D eigenvalue weighted by Gasteiger charge is -2.39. The molecule has 1 atom stereocenters. The van der Waals surface area contributed by atoms with Gasteiger partial charge in [-0.3, -0.25) is 4.90 Å². The first-order valence-corrected chi connectivity index (χ1v) is 6.88. The molecule has 1 aliphatic rings. The van der Waals surface area contributed by atoms with E-state index < -0.39 is 0 Å². The highest BCUT2D eigenvalue weighted by atomic mass is 19.1. The van der Waals surface area contributed by atoms with Crippen molar-refractivity contribution in [3.8, 4) is 0 Å². The molecular formula is C15H23FN2O. The fraction of sp³-hybridized carbons (Fsp3) is 0.600. The van der Waals surface area contributed by atoms with Gasteiger partial charge in [0, 0.05) is 32.4 Å². The number of halogens is 1. The lowest BCUT2D eigenvalue weighted by molar-refractivity contribution is -0.0496. The molecule has 1 aromatic rings. The Kier molecular flexibility index (Phi) is 4.77. The lowest BCUT2D eigenvalue weighted by atomic mass is 9.95. The maximum atomic E-state index is 13.0. The van der Waals surface area contributed by atoms with Crippen LogP contribution < -0.4 is 5.32 Å². The Morgan fingerprint density at radius 2 is 2.32 bits per heavy atom. The van der Waals surface area contributed by atoms with E-state index >= 15 is 0 Å². The van der Waals surface area contributed by atoms with E-state index in [4.69, 9.17) is 4.74 Å². The van der Waals surface area contributed by atoms with Gasteiger partial charge in [-0.2, -0.15) is 0 Å². The van der Waals surface area contributed by atoms with Crippen molar-refractivity contribution >= 4 is 5.69 Å². The first-order valence-electron chi connectivity index (χ1n) is 6.88. The fourth-order valence-electron chi connectivity index (χ4n) is 2.62.